The van der Waals surface area contributed by atoms with Gasteiger partial charge in [-0.1, -0.05) is 54.0 Å². The van der Waals surface area contributed by atoms with Crippen molar-refractivity contribution in [2.24, 2.45) is 0 Å². The third kappa shape index (κ3) is 3.18. The number of alkyl halides is 1. The van der Waals surface area contributed by atoms with Crippen molar-refractivity contribution in [1.82, 2.24) is 0 Å². The molecule has 2 aromatic carbocycles. The van der Waals surface area contributed by atoms with Crippen molar-refractivity contribution >= 4 is 15.9 Å². The topological polar surface area (TPSA) is 0 Å². The highest BCUT2D eigenvalue weighted by molar-refractivity contribution is 9.09. The standard InChI is InChI=1S/C18H19BrF2/c1-4-12-7-8-14(10-13(12)5-2)17(19)16-15(20)9-6-11(3)18(16)21/h6-10,17H,4-5H2,1-3H3. The molecule has 0 spiro atoms. The SMILES string of the molecule is CCc1ccc(C(Br)c2c(F)ccc(C)c2F)cc1CC. The third-order valence-electron chi connectivity index (χ3n) is 3.86. The first-order valence-corrected chi connectivity index (χ1v) is 8.11. The molecule has 0 saturated heterocycles. The Balaban J connectivity index is 2.50. The molecule has 0 bridgehead atoms. The van der Waals surface area contributed by atoms with E-state index in [1.54, 1.807) is 6.92 Å². The van der Waals surface area contributed by atoms with Crippen LogP contribution in [-0.2, 0) is 12.8 Å². The van der Waals surface area contributed by atoms with Crippen LogP contribution in [0.2, 0.25) is 0 Å². The number of benzene rings is 2. The molecule has 3 heteroatoms. The average molecular weight is 353 g/mol. The molecule has 2 aromatic rings. The van der Waals surface area contributed by atoms with Gasteiger partial charge in [0.2, 0.25) is 0 Å². The molecule has 0 heterocycles. The first kappa shape index (κ1) is 16.2. The highest BCUT2D eigenvalue weighted by atomic mass is 79.9. The molecule has 1 unspecified atom stereocenters. The van der Waals surface area contributed by atoms with E-state index in [4.69, 9.17) is 0 Å². The van der Waals surface area contributed by atoms with E-state index < -0.39 is 16.5 Å². The number of hydrogen-bond donors (Lipinski definition) is 0. The first-order chi connectivity index (χ1) is 9.99. The maximum Gasteiger partial charge on any atom is 0.133 e. The van der Waals surface area contributed by atoms with Crippen molar-refractivity contribution in [3.05, 3.63) is 69.8 Å². The Morgan fingerprint density at radius 3 is 2.29 bits per heavy atom. The van der Waals surface area contributed by atoms with Crippen LogP contribution >= 0.6 is 15.9 Å². The van der Waals surface area contributed by atoms with E-state index in [9.17, 15) is 8.78 Å². The molecule has 0 fully saturated rings. The van der Waals surface area contributed by atoms with Gasteiger partial charge in [0, 0.05) is 5.56 Å². The number of hydrogen-bond acceptors (Lipinski definition) is 0. The summed E-state index contributed by atoms with van der Waals surface area (Å²) in [5.74, 6) is -0.993. The van der Waals surface area contributed by atoms with Crippen LogP contribution in [0.5, 0.6) is 0 Å². The van der Waals surface area contributed by atoms with Crippen LogP contribution in [0.15, 0.2) is 30.3 Å². The molecule has 21 heavy (non-hydrogen) atoms. The summed E-state index contributed by atoms with van der Waals surface area (Å²) < 4.78 is 28.3. The number of rotatable bonds is 4. The van der Waals surface area contributed by atoms with Crippen LogP contribution in [-0.4, -0.2) is 0 Å². The summed E-state index contributed by atoms with van der Waals surface area (Å²) in [4.78, 5) is -0.478. The molecule has 0 saturated carbocycles. The Bertz CT molecular complexity index is 650. The number of aryl methyl sites for hydroxylation is 3. The molecule has 0 amide bonds. The lowest BCUT2D eigenvalue weighted by Gasteiger charge is -2.16. The summed E-state index contributed by atoms with van der Waals surface area (Å²) in [6.45, 7) is 5.85. The highest BCUT2D eigenvalue weighted by Crippen LogP contribution is 2.36. The molecule has 2 rings (SSSR count). The van der Waals surface area contributed by atoms with Crippen molar-refractivity contribution in [3.8, 4) is 0 Å². The fraction of sp³-hybridized carbons (Fsp3) is 0.333. The van der Waals surface area contributed by atoms with Gasteiger partial charge in [0.1, 0.15) is 11.6 Å². The maximum absolute atomic E-state index is 14.3. The molecule has 0 radical (unpaired) electrons. The summed E-state index contributed by atoms with van der Waals surface area (Å²) in [6, 6.07) is 8.82. The smallest absolute Gasteiger partial charge is 0.133 e. The van der Waals surface area contributed by atoms with Crippen LogP contribution in [0.3, 0.4) is 0 Å². The largest absolute Gasteiger partial charge is 0.207 e. The molecule has 0 nitrogen and oxygen atoms in total. The van der Waals surface area contributed by atoms with E-state index >= 15 is 0 Å². The summed E-state index contributed by atoms with van der Waals surface area (Å²) in [5, 5.41) is 0. The van der Waals surface area contributed by atoms with Gasteiger partial charge in [0.25, 0.3) is 0 Å². The summed E-state index contributed by atoms with van der Waals surface area (Å²) in [5.41, 5.74) is 3.93. The zero-order valence-corrected chi connectivity index (χ0v) is 14.1. The molecule has 0 N–H and O–H groups in total. The molecule has 0 aliphatic carbocycles. The third-order valence-corrected chi connectivity index (χ3v) is 4.84. The molecular weight excluding hydrogens is 334 g/mol. The van der Waals surface area contributed by atoms with Crippen LogP contribution in [0.25, 0.3) is 0 Å². The molecule has 112 valence electrons. The minimum Gasteiger partial charge on any atom is -0.207 e. The fourth-order valence-corrected chi connectivity index (χ4v) is 3.26. The summed E-state index contributed by atoms with van der Waals surface area (Å²) >= 11 is 3.46. The zero-order valence-electron chi connectivity index (χ0n) is 12.5. The van der Waals surface area contributed by atoms with Gasteiger partial charge in [-0.05, 0) is 48.1 Å². The average Bonchev–Trinajstić information content (AvgIpc) is 2.50. The van der Waals surface area contributed by atoms with Crippen LogP contribution in [0.4, 0.5) is 8.78 Å². The van der Waals surface area contributed by atoms with E-state index in [1.165, 1.54) is 23.3 Å². The molecule has 1 atom stereocenters. The lowest BCUT2D eigenvalue weighted by molar-refractivity contribution is 0.555. The van der Waals surface area contributed by atoms with Gasteiger partial charge in [-0.2, -0.15) is 0 Å². The minimum absolute atomic E-state index is 0.0845. The van der Waals surface area contributed by atoms with Gasteiger partial charge in [0.05, 0.1) is 4.83 Å². The van der Waals surface area contributed by atoms with Crippen molar-refractivity contribution in [3.63, 3.8) is 0 Å². The second-order valence-corrected chi connectivity index (χ2v) is 6.11. The molecule has 0 aliphatic rings. The predicted molar refractivity (Wildman–Crippen MR) is 87.1 cm³/mol. The van der Waals surface area contributed by atoms with Crippen molar-refractivity contribution in [2.45, 2.75) is 38.4 Å². The maximum atomic E-state index is 14.3. The highest BCUT2D eigenvalue weighted by Gasteiger charge is 2.21. The van der Waals surface area contributed by atoms with E-state index in [2.05, 4.69) is 29.8 Å². The van der Waals surface area contributed by atoms with Gasteiger partial charge in [0.15, 0.2) is 0 Å². The van der Waals surface area contributed by atoms with E-state index in [0.717, 1.165) is 18.4 Å². The first-order valence-electron chi connectivity index (χ1n) is 7.19. The van der Waals surface area contributed by atoms with Gasteiger partial charge < -0.3 is 0 Å². The Hall–Kier alpha value is -1.22. The van der Waals surface area contributed by atoms with Crippen LogP contribution in [0, 0.1) is 18.6 Å². The summed E-state index contributed by atoms with van der Waals surface area (Å²) in [7, 11) is 0. The van der Waals surface area contributed by atoms with E-state index in [-0.39, 0.29) is 5.56 Å². The normalized spacial score (nSPS) is 12.5. The Labute approximate surface area is 133 Å². The minimum atomic E-state index is -0.516. The van der Waals surface area contributed by atoms with Gasteiger partial charge in [-0.25, -0.2) is 8.78 Å². The van der Waals surface area contributed by atoms with Gasteiger partial charge in [-0.3, -0.25) is 0 Å². The van der Waals surface area contributed by atoms with Gasteiger partial charge in [-0.15, -0.1) is 0 Å². The quantitative estimate of drug-likeness (QED) is 0.602. The summed E-state index contributed by atoms with van der Waals surface area (Å²) in [6.07, 6.45) is 1.87. The predicted octanol–water partition coefficient (Wildman–Crippen LogP) is 5.88. The van der Waals surface area contributed by atoms with Crippen molar-refractivity contribution in [1.29, 1.82) is 0 Å². The Morgan fingerprint density at radius 2 is 1.67 bits per heavy atom. The zero-order chi connectivity index (χ0) is 15.6. The Kier molecular flexibility index (Phi) is 5.15. The second kappa shape index (κ2) is 6.69. The number of halogens is 3. The van der Waals surface area contributed by atoms with Crippen molar-refractivity contribution in [2.75, 3.05) is 0 Å². The lowest BCUT2D eigenvalue weighted by Crippen LogP contribution is -2.04. The fourth-order valence-electron chi connectivity index (χ4n) is 2.55. The second-order valence-electron chi connectivity index (χ2n) is 5.19. The van der Waals surface area contributed by atoms with Crippen molar-refractivity contribution < 1.29 is 8.78 Å². The van der Waals surface area contributed by atoms with E-state index in [1.807, 2.05) is 18.2 Å². The lowest BCUT2D eigenvalue weighted by atomic mass is 9.95. The molecule has 0 aliphatic heterocycles. The van der Waals surface area contributed by atoms with Crippen LogP contribution in [0.1, 0.15) is 46.5 Å². The Morgan fingerprint density at radius 1 is 1.00 bits per heavy atom. The monoisotopic (exact) mass is 352 g/mol. The van der Waals surface area contributed by atoms with Crippen LogP contribution < -0.4 is 0 Å². The van der Waals surface area contributed by atoms with Gasteiger partial charge >= 0.3 is 0 Å². The molecular formula is C18H19BrF2. The molecule has 0 aromatic heterocycles. The van der Waals surface area contributed by atoms with E-state index in [0.29, 0.717) is 5.56 Å².